The Balaban J connectivity index is 2.14. The largest absolute Gasteiger partial charge is 0.316 e. The summed E-state index contributed by atoms with van der Waals surface area (Å²) in [5.74, 6) is 0.526. The van der Waals surface area contributed by atoms with Crippen molar-refractivity contribution < 1.29 is 4.39 Å². The molecule has 0 spiro atoms. The zero-order valence-corrected chi connectivity index (χ0v) is 9.17. The van der Waals surface area contributed by atoms with Gasteiger partial charge in [0.1, 0.15) is 0 Å². The van der Waals surface area contributed by atoms with Crippen LogP contribution in [0.3, 0.4) is 0 Å². The van der Waals surface area contributed by atoms with Crippen molar-refractivity contribution in [3.63, 3.8) is 0 Å². The maximum absolute atomic E-state index is 12.7. The summed E-state index contributed by atoms with van der Waals surface area (Å²) in [5, 5.41) is 3.26. The number of alkyl halides is 1. The highest BCUT2D eigenvalue weighted by Gasteiger charge is 2.27. The molecular formula is C13H18FN. The average molecular weight is 207 g/mol. The fourth-order valence-corrected chi connectivity index (χ4v) is 2.29. The molecule has 1 aliphatic rings. The first-order valence-electron chi connectivity index (χ1n) is 5.70. The summed E-state index contributed by atoms with van der Waals surface area (Å²) >= 11 is 0. The normalized spacial score (nSPS) is 25.7. The molecule has 15 heavy (non-hydrogen) atoms. The fourth-order valence-electron chi connectivity index (χ4n) is 2.29. The first-order chi connectivity index (χ1) is 7.35. The summed E-state index contributed by atoms with van der Waals surface area (Å²) in [5.41, 5.74) is 2.63. The molecule has 1 aromatic carbocycles. The van der Waals surface area contributed by atoms with Gasteiger partial charge in [0.25, 0.3) is 0 Å². The van der Waals surface area contributed by atoms with Gasteiger partial charge in [0.2, 0.25) is 0 Å². The zero-order chi connectivity index (χ0) is 10.7. The molecule has 1 fully saturated rings. The second-order valence-corrected chi connectivity index (χ2v) is 4.27. The van der Waals surface area contributed by atoms with E-state index in [9.17, 15) is 4.39 Å². The highest BCUT2D eigenvalue weighted by atomic mass is 19.1. The van der Waals surface area contributed by atoms with Gasteiger partial charge in [0, 0.05) is 24.9 Å². The van der Waals surface area contributed by atoms with Crippen molar-refractivity contribution in [1.29, 1.82) is 0 Å². The molecule has 1 aromatic rings. The van der Waals surface area contributed by atoms with Crippen LogP contribution < -0.4 is 5.32 Å². The summed E-state index contributed by atoms with van der Waals surface area (Å²) < 4.78 is 12.7. The van der Waals surface area contributed by atoms with E-state index in [0.29, 0.717) is 5.92 Å². The first kappa shape index (κ1) is 10.6. The van der Waals surface area contributed by atoms with Crippen molar-refractivity contribution in [1.82, 2.24) is 5.32 Å². The molecule has 2 atom stereocenters. The lowest BCUT2D eigenvalue weighted by atomic mass is 9.89. The molecule has 0 amide bonds. The van der Waals surface area contributed by atoms with Crippen LogP contribution in [0, 0.1) is 5.92 Å². The Labute approximate surface area is 90.7 Å². The van der Waals surface area contributed by atoms with Gasteiger partial charge in [-0.15, -0.1) is 0 Å². The number of hydrogen-bond acceptors (Lipinski definition) is 1. The van der Waals surface area contributed by atoms with Crippen LogP contribution in [0.15, 0.2) is 24.3 Å². The second-order valence-electron chi connectivity index (χ2n) is 4.27. The van der Waals surface area contributed by atoms with Gasteiger partial charge < -0.3 is 5.32 Å². The molecule has 2 heteroatoms. The molecule has 0 aliphatic carbocycles. The van der Waals surface area contributed by atoms with Crippen molar-refractivity contribution in [2.24, 2.45) is 5.92 Å². The van der Waals surface area contributed by atoms with E-state index < -0.39 is 0 Å². The molecule has 1 nitrogen and oxygen atoms in total. The van der Waals surface area contributed by atoms with Crippen molar-refractivity contribution >= 4 is 0 Å². The van der Waals surface area contributed by atoms with Crippen LogP contribution in [-0.4, -0.2) is 19.8 Å². The van der Waals surface area contributed by atoms with Gasteiger partial charge in [-0.2, -0.15) is 0 Å². The molecule has 1 saturated heterocycles. The summed E-state index contributed by atoms with van der Waals surface area (Å²) in [6.45, 7) is 3.67. The van der Waals surface area contributed by atoms with E-state index >= 15 is 0 Å². The first-order valence-corrected chi connectivity index (χ1v) is 5.70. The van der Waals surface area contributed by atoms with Crippen molar-refractivity contribution in [3.05, 3.63) is 35.4 Å². The number of halogens is 1. The highest BCUT2D eigenvalue weighted by molar-refractivity contribution is 5.27. The third-order valence-corrected chi connectivity index (χ3v) is 3.35. The Morgan fingerprint density at radius 2 is 2.00 bits per heavy atom. The van der Waals surface area contributed by atoms with Gasteiger partial charge in [0.05, 0.1) is 6.67 Å². The van der Waals surface area contributed by atoms with Crippen LogP contribution in [0.4, 0.5) is 4.39 Å². The Hall–Kier alpha value is -0.890. The summed E-state index contributed by atoms with van der Waals surface area (Å²) in [7, 11) is 0. The average Bonchev–Trinajstić information content (AvgIpc) is 2.77. The van der Waals surface area contributed by atoms with E-state index in [-0.39, 0.29) is 12.6 Å². The second kappa shape index (κ2) is 4.75. The van der Waals surface area contributed by atoms with Gasteiger partial charge in [-0.25, -0.2) is 0 Å². The van der Waals surface area contributed by atoms with Crippen LogP contribution >= 0.6 is 0 Å². The topological polar surface area (TPSA) is 12.0 Å². The van der Waals surface area contributed by atoms with E-state index in [2.05, 4.69) is 36.5 Å². The predicted molar refractivity (Wildman–Crippen MR) is 60.9 cm³/mol. The minimum absolute atomic E-state index is 0.164. The summed E-state index contributed by atoms with van der Waals surface area (Å²) in [6.07, 6.45) is 1.07. The minimum Gasteiger partial charge on any atom is -0.316 e. The van der Waals surface area contributed by atoms with E-state index in [1.807, 2.05) is 0 Å². The lowest BCUT2D eigenvalue weighted by molar-refractivity contribution is 0.358. The van der Waals surface area contributed by atoms with E-state index in [1.165, 1.54) is 11.1 Å². The number of benzene rings is 1. The highest BCUT2D eigenvalue weighted by Crippen LogP contribution is 2.28. The smallest absolute Gasteiger partial charge is 0.0941 e. The molecule has 82 valence electrons. The lowest BCUT2D eigenvalue weighted by Gasteiger charge is -2.15. The quantitative estimate of drug-likeness (QED) is 0.803. The van der Waals surface area contributed by atoms with Crippen molar-refractivity contribution in [3.8, 4) is 0 Å². The predicted octanol–water partition coefficient (Wildman–Crippen LogP) is 2.52. The fraction of sp³-hybridized carbons (Fsp3) is 0.538. The molecule has 1 heterocycles. The zero-order valence-electron chi connectivity index (χ0n) is 9.17. The maximum atomic E-state index is 12.7. The van der Waals surface area contributed by atoms with E-state index in [0.717, 1.165) is 19.5 Å². The Morgan fingerprint density at radius 3 is 2.60 bits per heavy atom. The third-order valence-electron chi connectivity index (χ3n) is 3.35. The van der Waals surface area contributed by atoms with Crippen molar-refractivity contribution in [2.45, 2.75) is 19.3 Å². The van der Waals surface area contributed by atoms with Crippen LogP contribution in [0.2, 0.25) is 0 Å². The van der Waals surface area contributed by atoms with Crippen LogP contribution in [0.25, 0.3) is 0 Å². The van der Waals surface area contributed by atoms with Gasteiger partial charge in [-0.3, -0.25) is 4.39 Å². The SMILES string of the molecule is CCc1ccc([C@@H]2CNC[C@H]2CF)cc1. The monoisotopic (exact) mass is 207 g/mol. The van der Waals surface area contributed by atoms with Crippen LogP contribution in [0.1, 0.15) is 24.0 Å². The Morgan fingerprint density at radius 1 is 1.27 bits per heavy atom. The van der Waals surface area contributed by atoms with Gasteiger partial charge >= 0.3 is 0 Å². The molecule has 0 unspecified atom stereocenters. The summed E-state index contributed by atoms with van der Waals surface area (Å²) in [6, 6.07) is 8.62. The van der Waals surface area contributed by atoms with E-state index in [4.69, 9.17) is 0 Å². The summed E-state index contributed by atoms with van der Waals surface area (Å²) in [4.78, 5) is 0. The molecule has 0 bridgehead atoms. The molecule has 1 N–H and O–H groups in total. The lowest BCUT2D eigenvalue weighted by Crippen LogP contribution is -2.12. The van der Waals surface area contributed by atoms with Gasteiger partial charge in [0.15, 0.2) is 0 Å². The van der Waals surface area contributed by atoms with Crippen molar-refractivity contribution in [2.75, 3.05) is 19.8 Å². The maximum Gasteiger partial charge on any atom is 0.0941 e. The molecule has 0 aromatic heterocycles. The molecule has 0 radical (unpaired) electrons. The Bertz CT molecular complexity index is 307. The third kappa shape index (κ3) is 2.20. The van der Waals surface area contributed by atoms with Crippen LogP contribution in [-0.2, 0) is 6.42 Å². The minimum atomic E-state index is -0.215. The standard InChI is InChI=1S/C13H18FN/c1-2-10-3-5-11(6-4-10)13-9-15-8-12(13)7-14/h3-6,12-13,15H,2,7-9H2,1H3/t12-,13+/m1/s1. The molecule has 1 aliphatic heterocycles. The number of aryl methyl sites for hydroxylation is 1. The Kier molecular flexibility index (Phi) is 3.37. The number of rotatable bonds is 3. The van der Waals surface area contributed by atoms with Crippen LogP contribution in [0.5, 0.6) is 0 Å². The van der Waals surface area contributed by atoms with E-state index in [1.54, 1.807) is 0 Å². The van der Waals surface area contributed by atoms with Gasteiger partial charge in [-0.05, 0) is 17.5 Å². The molecule has 0 saturated carbocycles. The molecular weight excluding hydrogens is 189 g/mol. The van der Waals surface area contributed by atoms with Gasteiger partial charge in [-0.1, -0.05) is 31.2 Å². The number of hydrogen-bond donors (Lipinski definition) is 1. The number of nitrogens with one attached hydrogen (secondary N) is 1. The molecule has 2 rings (SSSR count).